The van der Waals surface area contributed by atoms with Crippen LogP contribution >= 0.6 is 11.3 Å². The topological polar surface area (TPSA) is 68.7 Å². The highest BCUT2D eigenvalue weighted by atomic mass is 32.1. The lowest BCUT2D eigenvalue weighted by Gasteiger charge is -2.17. The largest absolute Gasteiger partial charge is 0.493 e. The van der Waals surface area contributed by atoms with Gasteiger partial charge in [-0.05, 0) is 31.2 Å². The molecule has 0 unspecified atom stereocenters. The Bertz CT molecular complexity index is 1030. The standard InChI is InChI=1S/C23H22N2O4S/c1-3-28-21-12-8-7-9-18(21)13-14-22(27)29-15-19-16-30-23(24-19)25(17(2)26)20-10-5-4-6-11-20/h4-14,16H,3,15H2,1-2H3/b14-13+. The molecule has 30 heavy (non-hydrogen) atoms. The van der Waals surface area contributed by atoms with Crippen LogP contribution in [-0.2, 0) is 20.9 Å². The molecule has 6 nitrogen and oxygen atoms in total. The lowest BCUT2D eigenvalue weighted by Crippen LogP contribution is -2.22. The molecule has 0 saturated carbocycles. The van der Waals surface area contributed by atoms with Crippen molar-refractivity contribution in [3.8, 4) is 5.75 Å². The Morgan fingerprint density at radius 3 is 2.57 bits per heavy atom. The van der Waals surface area contributed by atoms with E-state index in [2.05, 4.69) is 4.98 Å². The molecule has 154 valence electrons. The lowest BCUT2D eigenvalue weighted by molar-refractivity contribution is -0.139. The number of rotatable bonds is 8. The molecule has 7 heteroatoms. The van der Waals surface area contributed by atoms with Crippen LogP contribution in [0.5, 0.6) is 5.75 Å². The molecule has 0 N–H and O–H groups in total. The number of benzene rings is 2. The fourth-order valence-corrected chi connectivity index (χ4v) is 3.60. The first kappa shape index (κ1) is 21.3. The van der Waals surface area contributed by atoms with E-state index in [1.54, 1.807) is 11.5 Å². The van der Waals surface area contributed by atoms with Crippen molar-refractivity contribution < 1.29 is 19.1 Å². The van der Waals surface area contributed by atoms with Gasteiger partial charge in [0.05, 0.1) is 18.0 Å². The summed E-state index contributed by atoms with van der Waals surface area (Å²) in [5.41, 5.74) is 2.11. The zero-order valence-corrected chi connectivity index (χ0v) is 17.6. The summed E-state index contributed by atoms with van der Waals surface area (Å²) < 4.78 is 10.8. The van der Waals surface area contributed by atoms with Gasteiger partial charge in [-0.1, -0.05) is 36.4 Å². The highest BCUT2D eigenvalue weighted by Crippen LogP contribution is 2.29. The fourth-order valence-electron chi connectivity index (χ4n) is 2.73. The van der Waals surface area contributed by atoms with Crippen molar-refractivity contribution in [3.63, 3.8) is 0 Å². The van der Waals surface area contributed by atoms with E-state index < -0.39 is 5.97 Å². The minimum Gasteiger partial charge on any atom is -0.493 e. The number of hydrogen-bond donors (Lipinski definition) is 0. The molecule has 3 rings (SSSR count). The smallest absolute Gasteiger partial charge is 0.331 e. The van der Waals surface area contributed by atoms with Crippen molar-refractivity contribution in [2.45, 2.75) is 20.5 Å². The monoisotopic (exact) mass is 422 g/mol. The van der Waals surface area contributed by atoms with E-state index in [0.717, 1.165) is 11.3 Å². The molecule has 0 aliphatic carbocycles. The molecule has 1 heterocycles. The Labute approximate surface area is 179 Å². The van der Waals surface area contributed by atoms with Gasteiger partial charge in [0.15, 0.2) is 5.13 Å². The molecule has 0 atom stereocenters. The second-order valence-corrected chi connectivity index (χ2v) is 7.06. The molecule has 0 fully saturated rings. The molecule has 0 radical (unpaired) electrons. The minimum atomic E-state index is -0.484. The molecule has 0 spiro atoms. The van der Waals surface area contributed by atoms with Crippen molar-refractivity contribution in [2.24, 2.45) is 0 Å². The molecule has 0 bridgehead atoms. The maximum atomic E-state index is 12.1. The van der Waals surface area contributed by atoms with Crippen molar-refractivity contribution in [1.29, 1.82) is 0 Å². The third-order valence-corrected chi connectivity index (χ3v) is 4.91. The lowest BCUT2D eigenvalue weighted by atomic mass is 10.2. The van der Waals surface area contributed by atoms with Crippen molar-refractivity contribution >= 4 is 40.1 Å². The highest BCUT2D eigenvalue weighted by molar-refractivity contribution is 7.14. The van der Waals surface area contributed by atoms with E-state index in [9.17, 15) is 9.59 Å². The van der Waals surface area contributed by atoms with Gasteiger partial charge in [-0.3, -0.25) is 9.69 Å². The number of para-hydroxylation sites is 2. The van der Waals surface area contributed by atoms with Crippen LogP contribution in [0, 0.1) is 0 Å². The van der Waals surface area contributed by atoms with Crippen LogP contribution in [0.15, 0.2) is 66.1 Å². The SMILES string of the molecule is CCOc1ccccc1/C=C/C(=O)OCc1csc(N(C(C)=O)c2ccccc2)n1. The predicted molar refractivity (Wildman–Crippen MR) is 118 cm³/mol. The van der Waals surface area contributed by atoms with Crippen molar-refractivity contribution in [3.05, 3.63) is 77.3 Å². The summed E-state index contributed by atoms with van der Waals surface area (Å²) in [6, 6.07) is 16.7. The van der Waals surface area contributed by atoms with E-state index in [-0.39, 0.29) is 12.5 Å². The Morgan fingerprint density at radius 1 is 1.10 bits per heavy atom. The second-order valence-electron chi connectivity index (χ2n) is 6.22. The van der Waals surface area contributed by atoms with Gasteiger partial charge in [0.25, 0.3) is 0 Å². The average Bonchev–Trinajstić information content (AvgIpc) is 3.21. The molecular formula is C23H22N2O4S. The number of carbonyl (C=O) groups is 2. The molecule has 1 amide bonds. The number of thiazole rings is 1. The predicted octanol–water partition coefficient (Wildman–Crippen LogP) is 4.98. The maximum absolute atomic E-state index is 12.1. The molecule has 3 aromatic rings. The number of esters is 1. The van der Waals surface area contributed by atoms with Gasteiger partial charge < -0.3 is 9.47 Å². The van der Waals surface area contributed by atoms with E-state index in [1.165, 1.54) is 29.2 Å². The normalized spacial score (nSPS) is 10.7. The Kier molecular flexibility index (Phi) is 7.34. The van der Waals surface area contributed by atoms with Crippen molar-refractivity contribution in [2.75, 3.05) is 11.5 Å². The summed E-state index contributed by atoms with van der Waals surface area (Å²) in [4.78, 5) is 30.2. The van der Waals surface area contributed by atoms with Crippen LogP contribution in [0.25, 0.3) is 6.08 Å². The molecule has 0 aliphatic rings. The number of amides is 1. The van der Waals surface area contributed by atoms with E-state index in [1.807, 2.05) is 61.5 Å². The second kappa shape index (κ2) is 10.4. The number of nitrogens with zero attached hydrogens (tertiary/aromatic N) is 2. The van der Waals surface area contributed by atoms with Gasteiger partial charge in [0, 0.05) is 23.9 Å². The summed E-state index contributed by atoms with van der Waals surface area (Å²) in [6.07, 6.45) is 3.02. The van der Waals surface area contributed by atoms with Gasteiger partial charge >= 0.3 is 5.97 Å². The van der Waals surface area contributed by atoms with Gasteiger partial charge in [0.1, 0.15) is 12.4 Å². The zero-order valence-electron chi connectivity index (χ0n) is 16.8. The molecule has 0 aliphatic heterocycles. The third-order valence-electron chi connectivity index (χ3n) is 4.04. The Balaban J connectivity index is 1.62. The Hall–Kier alpha value is -3.45. The van der Waals surface area contributed by atoms with Crippen LogP contribution in [0.1, 0.15) is 25.1 Å². The zero-order chi connectivity index (χ0) is 21.3. The summed E-state index contributed by atoms with van der Waals surface area (Å²) in [6.45, 7) is 3.95. The number of ether oxygens (including phenoxy) is 2. The van der Waals surface area contributed by atoms with E-state index in [0.29, 0.717) is 23.2 Å². The van der Waals surface area contributed by atoms with Crippen molar-refractivity contribution in [1.82, 2.24) is 4.98 Å². The van der Waals surface area contributed by atoms with Gasteiger partial charge in [-0.2, -0.15) is 0 Å². The third kappa shape index (κ3) is 5.55. The minimum absolute atomic E-state index is 0.0211. The molecule has 1 aromatic heterocycles. The summed E-state index contributed by atoms with van der Waals surface area (Å²) in [5, 5.41) is 2.30. The number of anilines is 2. The quantitative estimate of drug-likeness (QED) is 0.378. The summed E-state index contributed by atoms with van der Waals surface area (Å²) >= 11 is 1.32. The Morgan fingerprint density at radius 2 is 1.83 bits per heavy atom. The molecule has 0 saturated heterocycles. The van der Waals surface area contributed by atoms with Crippen LogP contribution in [0.4, 0.5) is 10.8 Å². The first-order chi connectivity index (χ1) is 14.6. The molecular weight excluding hydrogens is 400 g/mol. The first-order valence-corrected chi connectivity index (χ1v) is 10.3. The summed E-state index contributed by atoms with van der Waals surface area (Å²) in [7, 11) is 0. The first-order valence-electron chi connectivity index (χ1n) is 9.45. The average molecular weight is 423 g/mol. The fraction of sp³-hybridized carbons (Fsp3) is 0.174. The van der Waals surface area contributed by atoms with Gasteiger partial charge in [0.2, 0.25) is 5.91 Å². The number of aromatic nitrogens is 1. The van der Waals surface area contributed by atoms with Gasteiger partial charge in [-0.25, -0.2) is 9.78 Å². The van der Waals surface area contributed by atoms with Crippen LogP contribution in [0.3, 0.4) is 0 Å². The van der Waals surface area contributed by atoms with Crippen LogP contribution < -0.4 is 9.64 Å². The highest BCUT2D eigenvalue weighted by Gasteiger charge is 2.17. The molecule has 2 aromatic carbocycles. The van der Waals surface area contributed by atoms with Crippen LogP contribution in [0.2, 0.25) is 0 Å². The summed E-state index contributed by atoms with van der Waals surface area (Å²) in [5.74, 6) is 0.0794. The van der Waals surface area contributed by atoms with Gasteiger partial charge in [-0.15, -0.1) is 11.3 Å². The van der Waals surface area contributed by atoms with E-state index >= 15 is 0 Å². The number of hydrogen-bond acceptors (Lipinski definition) is 6. The van der Waals surface area contributed by atoms with Crippen LogP contribution in [-0.4, -0.2) is 23.5 Å². The van der Waals surface area contributed by atoms with E-state index in [4.69, 9.17) is 9.47 Å². The number of carbonyl (C=O) groups excluding carboxylic acids is 2. The maximum Gasteiger partial charge on any atom is 0.331 e.